The van der Waals surface area contributed by atoms with E-state index < -0.39 is 0 Å². The number of hydrogen-bond donors (Lipinski definition) is 0. The van der Waals surface area contributed by atoms with Crippen molar-refractivity contribution in [1.29, 1.82) is 0 Å². The summed E-state index contributed by atoms with van der Waals surface area (Å²) in [5.74, 6) is 0.212. The maximum Gasteiger partial charge on any atom is 0.271 e. The van der Waals surface area contributed by atoms with Crippen LogP contribution >= 0.6 is 0 Å². The van der Waals surface area contributed by atoms with Crippen molar-refractivity contribution in [2.45, 2.75) is 12.5 Å². The molecular weight excluding hydrogens is 332 g/mol. The number of aliphatic imine (C=N–C) groups is 3. The van der Waals surface area contributed by atoms with Crippen molar-refractivity contribution in [3.63, 3.8) is 0 Å². The molecule has 0 saturated heterocycles. The van der Waals surface area contributed by atoms with Crippen molar-refractivity contribution >= 4 is 35.9 Å². The monoisotopic (exact) mass is 346 g/mol. The fourth-order valence-corrected chi connectivity index (χ4v) is 2.62. The van der Waals surface area contributed by atoms with Crippen molar-refractivity contribution in [1.82, 2.24) is 9.97 Å². The van der Waals surface area contributed by atoms with Gasteiger partial charge in [0.15, 0.2) is 11.3 Å². The van der Waals surface area contributed by atoms with Gasteiger partial charge in [-0.05, 0) is 12.2 Å². The Morgan fingerprint density at radius 3 is 3.04 bits per heavy atom. The number of rotatable bonds is 0. The highest BCUT2D eigenvalue weighted by Gasteiger charge is 2.15. The minimum atomic E-state index is -0.354. The molecule has 3 aliphatic rings. The number of aromatic nitrogens is 2. The lowest BCUT2D eigenvalue weighted by molar-refractivity contribution is -0.123. The molecule has 4 rings (SSSR count). The van der Waals surface area contributed by atoms with E-state index in [2.05, 4.69) is 29.9 Å². The van der Waals surface area contributed by atoms with Gasteiger partial charge in [0, 0.05) is 42.5 Å². The van der Waals surface area contributed by atoms with Gasteiger partial charge >= 0.3 is 0 Å². The summed E-state index contributed by atoms with van der Waals surface area (Å²) >= 11 is 0. The zero-order chi connectivity index (χ0) is 17.8. The van der Waals surface area contributed by atoms with Crippen LogP contribution < -0.4 is 10.7 Å². The second-order valence-electron chi connectivity index (χ2n) is 5.61. The van der Waals surface area contributed by atoms with E-state index in [0.717, 1.165) is 16.5 Å². The molecule has 128 valence electrons. The molecule has 8 nitrogen and oxygen atoms in total. The molecule has 0 radical (unpaired) electrons. The third-order valence-corrected chi connectivity index (χ3v) is 3.81. The molecule has 1 aromatic rings. The summed E-state index contributed by atoms with van der Waals surface area (Å²) in [5.41, 5.74) is 2.09. The first kappa shape index (κ1) is 16.1. The smallest absolute Gasteiger partial charge is 0.271 e. The van der Waals surface area contributed by atoms with Crippen LogP contribution in [0.15, 0.2) is 62.5 Å². The first-order valence-electron chi connectivity index (χ1n) is 8.02. The molecule has 26 heavy (non-hydrogen) atoms. The highest BCUT2D eigenvalue weighted by molar-refractivity contribution is 6.30. The third kappa shape index (κ3) is 3.50. The number of hydrogen-bond acceptors (Lipinski definition) is 7. The zero-order valence-corrected chi connectivity index (χ0v) is 13.7. The molecule has 2 aliphatic heterocycles. The predicted octanol–water partition coefficient (Wildman–Crippen LogP) is 0.387. The Morgan fingerprint density at radius 2 is 2.08 bits per heavy atom. The van der Waals surface area contributed by atoms with E-state index in [0.29, 0.717) is 17.7 Å². The molecule has 0 saturated carbocycles. The molecule has 1 unspecified atom stereocenters. The zero-order valence-electron chi connectivity index (χ0n) is 13.7. The number of carbonyl (C=O) groups is 1. The van der Waals surface area contributed by atoms with E-state index in [1.165, 1.54) is 18.7 Å². The first-order chi connectivity index (χ1) is 12.8. The molecule has 0 fully saturated rings. The number of allylic oxidation sites excluding steroid dienone is 3. The Morgan fingerprint density at radius 1 is 1.12 bits per heavy atom. The van der Waals surface area contributed by atoms with Crippen molar-refractivity contribution in [2.24, 2.45) is 20.0 Å². The highest BCUT2D eigenvalue weighted by Crippen LogP contribution is 2.16. The first-order valence-corrected chi connectivity index (χ1v) is 8.02. The van der Waals surface area contributed by atoms with Crippen molar-refractivity contribution in [3.8, 4) is 0 Å². The van der Waals surface area contributed by atoms with Gasteiger partial charge in [0.05, 0.1) is 11.3 Å². The Hall–Kier alpha value is -3.39. The number of fused-ring (bicyclic) bond motifs is 2. The van der Waals surface area contributed by atoms with E-state index >= 15 is 0 Å². The number of carbonyl (C=O) groups excluding carboxylic acids is 1. The number of ether oxygens (including phenoxy) is 1. The van der Waals surface area contributed by atoms with Gasteiger partial charge in [0.1, 0.15) is 12.9 Å². The Balaban J connectivity index is 1.83. The fraction of sp³-hybridized carbons (Fsp3) is 0.167. The molecule has 1 aromatic heterocycles. The number of nitrogens with zero attached hydrogens (tertiary/aromatic N) is 6. The van der Waals surface area contributed by atoms with Crippen LogP contribution in [-0.2, 0) is 9.53 Å². The largest absolute Gasteiger partial charge is 0.364 e. The third-order valence-electron chi connectivity index (χ3n) is 3.81. The lowest BCUT2D eigenvalue weighted by Gasteiger charge is -2.15. The van der Waals surface area contributed by atoms with E-state index in [1.807, 2.05) is 18.2 Å². The van der Waals surface area contributed by atoms with Crippen molar-refractivity contribution < 1.29 is 9.53 Å². The van der Waals surface area contributed by atoms with Gasteiger partial charge in [-0.1, -0.05) is 12.2 Å². The van der Waals surface area contributed by atoms with Gasteiger partial charge in [0.25, 0.3) is 5.91 Å². The van der Waals surface area contributed by atoms with Crippen LogP contribution in [0, 0.1) is 0 Å². The van der Waals surface area contributed by atoms with Crippen LogP contribution in [0.25, 0.3) is 5.57 Å². The summed E-state index contributed by atoms with van der Waals surface area (Å²) in [6.07, 6.45) is 15.2. The summed E-state index contributed by atoms with van der Waals surface area (Å²) in [5, 5.41) is 0.744. The summed E-state index contributed by atoms with van der Waals surface area (Å²) in [6, 6.07) is 0. The molecule has 3 heterocycles. The molecule has 2 bridgehead atoms. The quantitative estimate of drug-likeness (QED) is 0.678. The average molecular weight is 346 g/mol. The Bertz CT molecular complexity index is 1050. The highest BCUT2D eigenvalue weighted by atomic mass is 16.5. The van der Waals surface area contributed by atoms with Crippen LogP contribution in [0.5, 0.6) is 0 Å². The molecule has 0 N–H and O–H groups in total. The van der Waals surface area contributed by atoms with Crippen LogP contribution in [0.2, 0.25) is 0 Å². The van der Waals surface area contributed by atoms with Crippen molar-refractivity contribution in [2.75, 3.05) is 6.61 Å². The van der Waals surface area contributed by atoms with Gasteiger partial charge in [-0.3, -0.25) is 9.79 Å². The normalized spacial score (nSPS) is 22.8. The van der Waals surface area contributed by atoms with Gasteiger partial charge in [-0.2, -0.15) is 0 Å². The van der Waals surface area contributed by atoms with E-state index in [4.69, 9.17) is 4.74 Å². The maximum atomic E-state index is 11.7. The standard InChI is InChI=1S/C18H14N6O2/c25-15-10-26-14-4-1-3-13(7-14)24-18-16-12(8-19-5-2-6-20-15)9-21-17(16)22-11-23-18/h1-6,8-9,11,14H,7,10H2/b5-2-,19-8?,20-6?,24-18?. The summed E-state index contributed by atoms with van der Waals surface area (Å²) in [7, 11) is 0. The van der Waals surface area contributed by atoms with E-state index in [9.17, 15) is 4.79 Å². The molecule has 8 heteroatoms. The molecular formula is C18H14N6O2. The second kappa shape index (κ2) is 7.24. The van der Waals surface area contributed by atoms with Crippen LogP contribution in [0.3, 0.4) is 0 Å². The molecule has 1 atom stereocenters. The lowest BCUT2D eigenvalue weighted by Crippen LogP contribution is -2.31. The minimum Gasteiger partial charge on any atom is -0.364 e. The second-order valence-corrected chi connectivity index (χ2v) is 5.61. The predicted molar refractivity (Wildman–Crippen MR) is 97.1 cm³/mol. The summed E-state index contributed by atoms with van der Waals surface area (Å²) in [4.78, 5) is 37.1. The average Bonchev–Trinajstić information content (AvgIpc) is 3.07. The molecule has 1 aliphatic carbocycles. The minimum absolute atomic E-state index is 0.0927. The van der Waals surface area contributed by atoms with Crippen LogP contribution in [0.1, 0.15) is 6.42 Å². The Labute approximate surface area is 148 Å². The van der Waals surface area contributed by atoms with Gasteiger partial charge in [-0.15, -0.1) is 0 Å². The molecule has 0 spiro atoms. The number of amides is 1. The van der Waals surface area contributed by atoms with E-state index in [-0.39, 0.29) is 18.6 Å². The Kier molecular flexibility index (Phi) is 4.48. The van der Waals surface area contributed by atoms with Crippen LogP contribution in [-0.4, -0.2) is 47.2 Å². The molecule has 0 aromatic carbocycles. The maximum absolute atomic E-state index is 11.7. The SMILES string of the molecule is O=C1COC2C=CC=C(C2)N=c2ncnc3c2=C(C=N/C=C\C=N1)C=N3. The van der Waals surface area contributed by atoms with Gasteiger partial charge in [0.2, 0.25) is 0 Å². The fourth-order valence-electron chi connectivity index (χ4n) is 2.62. The van der Waals surface area contributed by atoms with Crippen LogP contribution in [0.4, 0.5) is 5.82 Å². The summed E-state index contributed by atoms with van der Waals surface area (Å²) < 4.78 is 5.60. The van der Waals surface area contributed by atoms with E-state index in [1.54, 1.807) is 18.5 Å². The van der Waals surface area contributed by atoms with Crippen molar-refractivity contribution in [3.05, 3.63) is 53.2 Å². The van der Waals surface area contributed by atoms with Gasteiger partial charge in [-0.25, -0.2) is 24.9 Å². The van der Waals surface area contributed by atoms with Gasteiger partial charge < -0.3 is 4.74 Å². The topological polar surface area (TPSA) is 102 Å². The summed E-state index contributed by atoms with van der Waals surface area (Å²) in [6.45, 7) is -0.0927. The molecule has 1 amide bonds. The lowest BCUT2D eigenvalue weighted by atomic mass is 10.1.